The molecule has 4 heteroatoms. The van der Waals surface area contributed by atoms with Gasteiger partial charge in [0.25, 0.3) is 0 Å². The van der Waals surface area contributed by atoms with Crippen LogP contribution < -0.4 is 5.32 Å². The minimum Gasteiger partial charge on any atom is -0.480 e. The molecule has 1 heterocycles. The van der Waals surface area contributed by atoms with E-state index in [0.29, 0.717) is 6.42 Å². The Morgan fingerprint density at radius 3 is 2.35 bits per heavy atom. The van der Waals surface area contributed by atoms with E-state index in [-0.39, 0.29) is 0 Å². The topological polar surface area (TPSA) is 52.6 Å². The molecule has 0 spiro atoms. The van der Waals surface area contributed by atoms with E-state index in [0.717, 1.165) is 57.3 Å². The minimum absolute atomic E-state index is 0.648. The van der Waals surface area contributed by atoms with E-state index in [1.807, 2.05) is 6.92 Å². The molecule has 0 aromatic carbocycles. The molecule has 0 amide bonds. The summed E-state index contributed by atoms with van der Waals surface area (Å²) in [6, 6.07) is 0. The molecule has 3 unspecified atom stereocenters. The van der Waals surface area contributed by atoms with E-state index in [9.17, 15) is 9.90 Å². The molecule has 3 atom stereocenters. The zero-order valence-corrected chi connectivity index (χ0v) is 13.6. The average molecular weight is 284 g/mol. The van der Waals surface area contributed by atoms with Crippen molar-refractivity contribution in [3.8, 4) is 0 Å². The third-order valence-electron chi connectivity index (χ3n) is 4.87. The normalized spacial score (nSPS) is 26.6. The Morgan fingerprint density at radius 1 is 1.30 bits per heavy atom. The van der Waals surface area contributed by atoms with Crippen molar-refractivity contribution in [1.82, 2.24) is 10.2 Å². The standard InChI is InChI=1S/C16H32N2O2/c1-5-9-17-16(6-2,15(19)20)8-7-10-18-11-13(3)14(4)12-18/h13-14,17H,5-12H2,1-4H3,(H,19,20). The molecule has 1 rings (SSSR count). The minimum atomic E-state index is -0.729. The van der Waals surface area contributed by atoms with Gasteiger partial charge in [0.05, 0.1) is 0 Å². The summed E-state index contributed by atoms with van der Waals surface area (Å²) in [5.41, 5.74) is -0.729. The highest BCUT2D eigenvalue weighted by atomic mass is 16.4. The molecular weight excluding hydrogens is 252 g/mol. The van der Waals surface area contributed by atoms with Crippen molar-refractivity contribution in [3.05, 3.63) is 0 Å². The van der Waals surface area contributed by atoms with Gasteiger partial charge in [0.15, 0.2) is 0 Å². The first kappa shape index (κ1) is 17.4. The molecule has 0 aliphatic carbocycles. The monoisotopic (exact) mass is 284 g/mol. The highest BCUT2D eigenvalue weighted by molar-refractivity contribution is 5.78. The Morgan fingerprint density at radius 2 is 1.90 bits per heavy atom. The van der Waals surface area contributed by atoms with Crippen LogP contribution in [0, 0.1) is 11.8 Å². The second-order valence-corrected chi connectivity index (χ2v) is 6.49. The van der Waals surface area contributed by atoms with Gasteiger partial charge in [-0.1, -0.05) is 27.7 Å². The van der Waals surface area contributed by atoms with Gasteiger partial charge in [-0.05, 0) is 50.6 Å². The summed E-state index contributed by atoms with van der Waals surface area (Å²) in [5.74, 6) is 0.837. The summed E-state index contributed by atoms with van der Waals surface area (Å²) in [6.45, 7) is 12.8. The highest BCUT2D eigenvalue weighted by Gasteiger charge is 2.35. The molecular formula is C16H32N2O2. The number of nitrogens with one attached hydrogen (secondary N) is 1. The Bertz CT molecular complexity index is 299. The van der Waals surface area contributed by atoms with Crippen LogP contribution in [0.1, 0.15) is 53.4 Å². The van der Waals surface area contributed by atoms with E-state index in [2.05, 4.69) is 31.0 Å². The first-order chi connectivity index (χ1) is 9.45. The van der Waals surface area contributed by atoms with E-state index in [4.69, 9.17) is 0 Å². The third kappa shape index (κ3) is 4.45. The Labute approximate surface area is 123 Å². The van der Waals surface area contributed by atoms with Crippen LogP contribution in [0.3, 0.4) is 0 Å². The van der Waals surface area contributed by atoms with Crippen molar-refractivity contribution in [3.63, 3.8) is 0 Å². The van der Waals surface area contributed by atoms with Crippen molar-refractivity contribution in [2.75, 3.05) is 26.2 Å². The van der Waals surface area contributed by atoms with Crippen LogP contribution in [-0.2, 0) is 4.79 Å². The number of likely N-dealkylation sites (tertiary alicyclic amines) is 1. The summed E-state index contributed by atoms with van der Waals surface area (Å²) < 4.78 is 0. The summed E-state index contributed by atoms with van der Waals surface area (Å²) in [5, 5.41) is 12.8. The van der Waals surface area contributed by atoms with Crippen LogP contribution in [0.2, 0.25) is 0 Å². The molecule has 1 aliphatic rings. The van der Waals surface area contributed by atoms with Gasteiger partial charge in [0.1, 0.15) is 5.54 Å². The quantitative estimate of drug-likeness (QED) is 0.683. The molecule has 1 fully saturated rings. The molecule has 2 N–H and O–H groups in total. The van der Waals surface area contributed by atoms with E-state index >= 15 is 0 Å². The van der Waals surface area contributed by atoms with Gasteiger partial charge < -0.3 is 15.3 Å². The predicted molar refractivity (Wildman–Crippen MR) is 83.0 cm³/mol. The maximum Gasteiger partial charge on any atom is 0.323 e. The van der Waals surface area contributed by atoms with Crippen LogP contribution in [0.25, 0.3) is 0 Å². The average Bonchev–Trinajstić information content (AvgIpc) is 2.72. The first-order valence-electron chi connectivity index (χ1n) is 8.16. The molecule has 0 radical (unpaired) electrons. The fourth-order valence-electron chi connectivity index (χ4n) is 3.12. The van der Waals surface area contributed by atoms with Crippen LogP contribution in [0.15, 0.2) is 0 Å². The number of carbonyl (C=O) groups is 1. The molecule has 20 heavy (non-hydrogen) atoms. The van der Waals surface area contributed by atoms with Crippen LogP contribution in [0.4, 0.5) is 0 Å². The number of carboxylic acid groups (broad SMARTS) is 1. The second kappa shape index (κ2) is 7.99. The Kier molecular flexibility index (Phi) is 6.96. The SMILES string of the molecule is CCCNC(CC)(CCCN1CC(C)C(C)C1)C(=O)O. The molecule has 4 nitrogen and oxygen atoms in total. The van der Waals surface area contributed by atoms with Gasteiger partial charge in [-0.2, -0.15) is 0 Å². The highest BCUT2D eigenvalue weighted by Crippen LogP contribution is 2.24. The maximum atomic E-state index is 11.6. The summed E-state index contributed by atoms with van der Waals surface area (Å²) in [6.07, 6.45) is 3.29. The molecule has 0 bridgehead atoms. The van der Waals surface area contributed by atoms with Crippen LogP contribution in [0.5, 0.6) is 0 Å². The van der Waals surface area contributed by atoms with Crippen LogP contribution in [-0.4, -0.2) is 47.7 Å². The van der Waals surface area contributed by atoms with Crippen molar-refractivity contribution in [1.29, 1.82) is 0 Å². The molecule has 0 saturated carbocycles. The van der Waals surface area contributed by atoms with Crippen molar-refractivity contribution in [2.24, 2.45) is 11.8 Å². The summed E-state index contributed by atoms with van der Waals surface area (Å²) >= 11 is 0. The van der Waals surface area contributed by atoms with E-state index in [1.54, 1.807) is 0 Å². The van der Waals surface area contributed by atoms with Crippen LogP contribution >= 0.6 is 0 Å². The Hall–Kier alpha value is -0.610. The largest absolute Gasteiger partial charge is 0.480 e. The summed E-state index contributed by atoms with van der Waals surface area (Å²) in [7, 11) is 0. The number of nitrogens with zero attached hydrogens (tertiary/aromatic N) is 1. The number of hydrogen-bond acceptors (Lipinski definition) is 3. The van der Waals surface area contributed by atoms with E-state index < -0.39 is 11.5 Å². The lowest BCUT2D eigenvalue weighted by Gasteiger charge is -2.30. The molecule has 0 aromatic heterocycles. The molecule has 0 aromatic rings. The van der Waals surface area contributed by atoms with Gasteiger partial charge in [-0.3, -0.25) is 4.79 Å². The maximum absolute atomic E-state index is 11.6. The Balaban J connectivity index is 2.44. The lowest BCUT2D eigenvalue weighted by molar-refractivity contribution is -0.145. The molecule has 118 valence electrons. The number of hydrogen-bond donors (Lipinski definition) is 2. The van der Waals surface area contributed by atoms with E-state index in [1.165, 1.54) is 0 Å². The molecule has 1 saturated heterocycles. The zero-order chi connectivity index (χ0) is 15.2. The number of aliphatic carboxylic acids is 1. The third-order valence-corrected chi connectivity index (χ3v) is 4.87. The smallest absolute Gasteiger partial charge is 0.323 e. The fourth-order valence-corrected chi connectivity index (χ4v) is 3.12. The first-order valence-corrected chi connectivity index (χ1v) is 8.16. The van der Waals surface area contributed by atoms with Crippen molar-refractivity contribution < 1.29 is 9.90 Å². The van der Waals surface area contributed by atoms with Gasteiger partial charge >= 0.3 is 5.97 Å². The molecule has 1 aliphatic heterocycles. The lowest BCUT2D eigenvalue weighted by atomic mass is 9.90. The zero-order valence-electron chi connectivity index (χ0n) is 13.6. The van der Waals surface area contributed by atoms with Crippen molar-refractivity contribution in [2.45, 2.75) is 58.9 Å². The summed E-state index contributed by atoms with van der Waals surface area (Å²) in [4.78, 5) is 14.1. The van der Waals surface area contributed by atoms with Crippen molar-refractivity contribution >= 4 is 5.97 Å². The number of rotatable bonds is 9. The lowest BCUT2D eigenvalue weighted by Crippen LogP contribution is -2.52. The second-order valence-electron chi connectivity index (χ2n) is 6.49. The number of carboxylic acids is 1. The van der Waals surface area contributed by atoms with Gasteiger partial charge in [0, 0.05) is 13.1 Å². The van der Waals surface area contributed by atoms with Gasteiger partial charge in [0.2, 0.25) is 0 Å². The fraction of sp³-hybridized carbons (Fsp3) is 0.938. The van der Waals surface area contributed by atoms with Gasteiger partial charge in [-0.25, -0.2) is 0 Å². The van der Waals surface area contributed by atoms with Gasteiger partial charge in [-0.15, -0.1) is 0 Å². The predicted octanol–water partition coefficient (Wildman–Crippen LogP) is 2.59.